The van der Waals surface area contributed by atoms with Gasteiger partial charge in [0.1, 0.15) is 0 Å². The number of rotatable bonds is 4. The third-order valence-corrected chi connectivity index (χ3v) is 3.30. The molecule has 1 N–H and O–H groups in total. The minimum atomic E-state index is -4.40. The molecule has 2 rings (SSSR count). The van der Waals surface area contributed by atoms with Gasteiger partial charge in [0.05, 0.1) is 18.0 Å². The van der Waals surface area contributed by atoms with Gasteiger partial charge in [-0.3, -0.25) is 4.79 Å². The molecule has 0 bridgehead atoms. The standard InChI is InChI=1S/C17H16F3NO/c1-12(14-7-3-2-4-8-14)21-16(22)11-13-6-5-9-15(10-13)17(18,19)20/h2-10,12H,11H2,1H3,(H,21,22). The summed E-state index contributed by atoms with van der Waals surface area (Å²) in [6.45, 7) is 1.83. The van der Waals surface area contributed by atoms with E-state index in [1.54, 1.807) is 0 Å². The van der Waals surface area contributed by atoms with E-state index in [1.165, 1.54) is 12.1 Å². The maximum absolute atomic E-state index is 12.6. The van der Waals surface area contributed by atoms with Gasteiger partial charge in [-0.15, -0.1) is 0 Å². The molecule has 0 aromatic heterocycles. The van der Waals surface area contributed by atoms with Crippen LogP contribution in [0.3, 0.4) is 0 Å². The number of nitrogens with one attached hydrogen (secondary N) is 1. The third-order valence-electron chi connectivity index (χ3n) is 3.30. The van der Waals surface area contributed by atoms with Crippen LogP contribution in [0.25, 0.3) is 0 Å². The van der Waals surface area contributed by atoms with Gasteiger partial charge in [-0.2, -0.15) is 13.2 Å². The third kappa shape index (κ3) is 4.35. The molecule has 116 valence electrons. The molecule has 0 saturated carbocycles. The SMILES string of the molecule is CC(NC(=O)Cc1cccc(C(F)(F)F)c1)c1ccccc1. The fraction of sp³-hybridized carbons (Fsp3) is 0.235. The van der Waals surface area contributed by atoms with Gasteiger partial charge < -0.3 is 5.32 Å². The highest BCUT2D eigenvalue weighted by molar-refractivity contribution is 5.79. The second-order valence-electron chi connectivity index (χ2n) is 5.07. The number of hydrogen-bond acceptors (Lipinski definition) is 1. The number of carbonyl (C=O) groups excluding carboxylic acids is 1. The zero-order chi connectivity index (χ0) is 16.2. The van der Waals surface area contributed by atoms with Crippen LogP contribution in [-0.4, -0.2) is 5.91 Å². The first-order chi connectivity index (χ1) is 10.4. The molecule has 2 aromatic carbocycles. The molecule has 0 saturated heterocycles. The van der Waals surface area contributed by atoms with Gasteiger partial charge in [-0.05, 0) is 24.1 Å². The predicted octanol–water partition coefficient (Wildman–Crippen LogP) is 4.13. The first-order valence-corrected chi connectivity index (χ1v) is 6.86. The Bertz CT molecular complexity index is 638. The van der Waals surface area contributed by atoms with E-state index in [0.717, 1.165) is 17.7 Å². The number of benzene rings is 2. The quantitative estimate of drug-likeness (QED) is 0.904. The zero-order valence-electron chi connectivity index (χ0n) is 12.0. The fourth-order valence-electron chi connectivity index (χ4n) is 2.16. The first-order valence-electron chi connectivity index (χ1n) is 6.86. The number of amides is 1. The number of halogens is 3. The number of carbonyl (C=O) groups is 1. The van der Waals surface area contributed by atoms with E-state index in [1.807, 2.05) is 37.3 Å². The summed E-state index contributed by atoms with van der Waals surface area (Å²) >= 11 is 0. The molecule has 2 nitrogen and oxygen atoms in total. The van der Waals surface area contributed by atoms with E-state index in [0.29, 0.717) is 5.56 Å². The molecule has 1 amide bonds. The molecule has 0 heterocycles. The first kappa shape index (κ1) is 16.1. The number of hydrogen-bond donors (Lipinski definition) is 1. The van der Waals surface area contributed by atoms with Gasteiger partial charge in [-0.1, -0.05) is 48.5 Å². The van der Waals surface area contributed by atoms with Crippen molar-refractivity contribution in [3.8, 4) is 0 Å². The highest BCUT2D eigenvalue weighted by Crippen LogP contribution is 2.29. The fourth-order valence-corrected chi connectivity index (χ4v) is 2.16. The van der Waals surface area contributed by atoms with Crippen molar-refractivity contribution >= 4 is 5.91 Å². The van der Waals surface area contributed by atoms with E-state index in [9.17, 15) is 18.0 Å². The molecule has 0 aliphatic rings. The molecule has 1 atom stereocenters. The van der Waals surface area contributed by atoms with Crippen molar-refractivity contribution in [2.45, 2.75) is 25.6 Å². The van der Waals surface area contributed by atoms with Crippen molar-refractivity contribution in [1.82, 2.24) is 5.32 Å². The Balaban J connectivity index is 2.01. The Morgan fingerprint density at radius 1 is 1.09 bits per heavy atom. The topological polar surface area (TPSA) is 29.1 Å². The smallest absolute Gasteiger partial charge is 0.349 e. The van der Waals surface area contributed by atoms with Crippen LogP contribution in [0.4, 0.5) is 13.2 Å². The average molecular weight is 307 g/mol. The lowest BCUT2D eigenvalue weighted by molar-refractivity contribution is -0.137. The molecule has 0 aliphatic heterocycles. The highest BCUT2D eigenvalue weighted by atomic mass is 19.4. The van der Waals surface area contributed by atoms with Crippen molar-refractivity contribution in [3.63, 3.8) is 0 Å². The van der Waals surface area contributed by atoms with Crippen LogP contribution in [0, 0.1) is 0 Å². The molecular formula is C17H16F3NO. The maximum atomic E-state index is 12.6. The Hall–Kier alpha value is -2.30. The maximum Gasteiger partial charge on any atom is 0.416 e. The zero-order valence-corrected chi connectivity index (χ0v) is 12.0. The Morgan fingerprint density at radius 2 is 1.77 bits per heavy atom. The van der Waals surface area contributed by atoms with E-state index in [-0.39, 0.29) is 18.4 Å². The highest BCUT2D eigenvalue weighted by Gasteiger charge is 2.30. The average Bonchev–Trinajstić information content (AvgIpc) is 2.47. The Labute approximate surface area is 127 Å². The van der Waals surface area contributed by atoms with Gasteiger partial charge in [0, 0.05) is 0 Å². The summed E-state index contributed by atoms with van der Waals surface area (Å²) in [4.78, 5) is 12.0. The molecule has 0 fully saturated rings. The second-order valence-corrected chi connectivity index (χ2v) is 5.07. The van der Waals surface area contributed by atoms with Gasteiger partial charge in [-0.25, -0.2) is 0 Å². The van der Waals surface area contributed by atoms with Gasteiger partial charge in [0.2, 0.25) is 5.91 Å². The monoisotopic (exact) mass is 307 g/mol. The van der Waals surface area contributed by atoms with Crippen molar-refractivity contribution in [3.05, 3.63) is 71.3 Å². The van der Waals surface area contributed by atoms with E-state index < -0.39 is 11.7 Å². The van der Waals surface area contributed by atoms with Gasteiger partial charge in [0.15, 0.2) is 0 Å². The normalized spacial score (nSPS) is 12.7. The van der Waals surface area contributed by atoms with E-state index >= 15 is 0 Å². The lowest BCUT2D eigenvalue weighted by atomic mass is 10.1. The largest absolute Gasteiger partial charge is 0.416 e. The van der Waals surface area contributed by atoms with Crippen LogP contribution in [0.1, 0.15) is 29.7 Å². The molecule has 0 radical (unpaired) electrons. The molecule has 0 aliphatic carbocycles. The Morgan fingerprint density at radius 3 is 2.41 bits per heavy atom. The molecule has 2 aromatic rings. The van der Waals surface area contributed by atoms with Crippen molar-refractivity contribution < 1.29 is 18.0 Å². The minimum Gasteiger partial charge on any atom is -0.349 e. The molecule has 22 heavy (non-hydrogen) atoms. The van der Waals surface area contributed by atoms with Crippen LogP contribution in [0.5, 0.6) is 0 Å². The van der Waals surface area contributed by atoms with Crippen LogP contribution in [0.15, 0.2) is 54.6 Å². The molecule has 1 unspecified atom stereocenters. The molecule has 5 heteroatoms. The van der Waals surface area contributed by atoms with Crippen LogP contribution < -0.4 is 5.32 Å². The second kappa shape index (κ2) is 6.64. The van der Waals surface area contributed by atoms with Crippen LogP contribution >= 0.6 is 0 Å². The predicted molar refractivity (Wildman–Crippen MR) is 78.1 cm³/mol. The summed E-state index contributed by atoms with van der Waals surface area (Å²) in [7, 11) is 0. The van der Waals surface area contributed by atoms with Crippen molar-refractivity contribution in [2.75, 3.05) is 0 Å². The van der Waals surface area contributed by atoms with Gasteiger partial charge >= 0.3 is 6.18 Å². The van der Waals surface area contributed by atoms with Crippen LogP contribution in [0.2, 0.25) is 0 Å². The summed E-state index contributed by atoms with van der Waals surface area (Å²) in [5, 5.41) is 2.78. The van der Waals surface area contributed by atoms with E-state index in [2.05, 4.69) is 5.32 Å². The molecular weight excluding hydrogens is 291 g/mol. The van der Waals surface area contributed by atoms with Crippen molar-refractivity contribution in [1.29, 1.82) is 0 Å². The van der Waals surface area contributed by atoms with Crippen LogP contribution in [-0.2, 0) is 17.4 Å². The minimum absolute atomic E-state index is 0.0822. The lowest BCUT2D eigenvalue weighted by Gasteiger charge is -2.14. The summed E-state index contributed by atoms with van der Waals surface area (Å²) < 4.78 is 37.9. The van der Waals surface area contributed by atoms with Gasteiger partial charge in [0.25, 0.3) is 0 Å². The van der Waals surface area contributed by atoms with E-state index in [4.69, 9.17) is 0 Å². The summed E-state index contributed by atoms with van der Waals surface area (Å²) in [5.74, 6) is -0.310. The molecule has 0 spiro atoms. The van der Waals surface area contributed by atoms with Crippen molar-refractivity contribution in [2.24, 2.45) is 0 Å². The number of alkyl halides is 3. The summed E-state index contributed by atoms with van der Waals surface area (Å²) in [5.41, 5.74) is 0.543. The summed E-state index contributed by atoms with van der Waals surface area (Å²) in [6.07, 6.45) is -4.48. The summed E-state index contributed by atoms with van der Waals surface area (Å²) in [6, 6.07) is 14.0. The lowest BCUT2D eigenvalue weighted by Crippen LogP contribution is -2.28. The Kier molecular flexibility index (Phi) is 4.85.